The molecule has 3 rings (SSSR count). The van der Waals surface area contributed by atoms with E-state index in [4.69, 9.17) is 10.5 Å². The Labute approximate surface area is 154 Å². The summed E-state index contributed by atoms with van der Waals surface area (Å²) in [5.74, 6) is 0.605. The van der Waals surface area contributed by atoms with Crippen LogP contribution in [-0.2, 0) is 9.53 Å². The molecule has 7 heteroatoms. The first kappa shape index (κ1) is 18.5. The lowest BCUT2D eigenvalue weighted by atomic mass is 9.95. The molecule has 7 nitrogen and oxygen atoms in total. The first-order chi connectivity index (χ1) is 12.7. The number of aliphatic imine (C=N–C) groups is 2. The van der Waals surface area contributed by atoms with Gasteiger partial charge in [0, 0.05) is 32.2 Å². The number of amides is 1. The molecule has 1 atom stereocenters. The maximum atomic E-state index is 12.5. The van der Waals surface area contributed by atoms with Gasteiger partial charge in [0.15, 0.2) is 0 Å². The van der Waals surface area contributed by atoms with Crippen molar-refractivity contribution in [2.75, 3.05) is 19.8 Å². The van der Waals surface area contributed by atoms with E-state index in [1.54, 1.807) is 0 Å². The molecule has 2 saturated heterocycles. The highest BCUT2D eigenvalue weighted by Crippen LogP contribution is 2.26. The van der Waals surface area contributed by atoms with E-state index in [1.165, 1.54) is 0 Å². The van der Waals surface area contributed by atoms with Crippen LogP contribution in [0, 0.1) is 0 Å². The van der Waals surface area contributed by atoms with E-state index >= 15 is 0 Å². The summed E-state index contributed by atoms with van der Waals surface area (Å²) in [5, 5.41) is 2.74. The zero-order chi connectivity index (χ0) is 18.4. The molecular weight excluding hydrogens is 330 g/mol. The van der Waals surface area contributed by atoms with Crippen LogP contribution < -0.4 is 11.1 Å². The second-order valence-electron chi connectivity index (χ2n) is 6.59. The molecule has 0 aromatic heterocycles. The quantitative estimate of drug-likeness (QED) is 0.635. The summed E-state index contributed by atoms with van der Waals surface area (Å²) in [6, 6.07) is 9.89. The summed E-state index contributed by atoms with van der Waals surface area (Å²) >= 11 is 0. The first-order valence-electron chi connectivity index (χ1n) is 9.28. The number of para-hydroxylation sites is 1. The molecule has 0 saturated carbocycles. The molecule has 1 aromatic rings. The summed E-state index contributed by atoms with van der Waals surface area (Å²) in [6.07, 6.45) is 3.45. The van der Waals surface area contributed by atoms with Crippen LogP contribution in [0.5, 0.6) is 0 Å². The van der Waals surface area contributed by atoms with Crippen LogP contribution in [0.2, 0.25) is 0 Å². The van der Waals surface area contributed by atoms with Crippen molar-refractivity contribution >= 4 is 23.4 Å². The van der Waals surface area contributed by atoms with Crippen LogP contribution in [-0.4, -0.2) is 54.4 Å². The molecule has 140 valence electrons. The van der Waals surface area contributed by atoms with Crippen LogP contribution in [0.4, 0.5) is 5.69 Å². The molecule has 0 aliphatic carbocycles. The van der Waals surface area contributed by atoms with Crippen LogP contribution >= 0.6 is 0 Å². The van der Waals surface area contributed by atoms with Gasteiger partial charge in [-0.3, -0.25) is 15.0 Å². The number of likely N-dealkylation sites (tertiary alicyclic amines) is 1. The number of hydrogen-bond acceptors (Lipinski definition) is 4. The summed E-state index contributed by atoms with van der Waals surface area (Å²) in [5.41, 5.74) is 6.76. The van der Waals surface area contributed by atoms with Gasteiger partial charge in [0.25, 0.3) is 0 Å². The summed E-state index contributed by atoms with van der Waals surface area (Å²) < 4.78 is 5.40. The lowest BCUT2D eigenvalue weighted by Gasteiger charge is -2.46. The number of carbonyl (C=O) groups is 1. The molecular formula is C19H27N5O2. The van der Waals surface area contributed by atoms with E-state index in [2.05, 4.69) is 20.2 Å². The maximum Gasteiger partial charge on any atom is 0.244 e. The van der Waals surface area contributed by atoms with Crippen molar-refractivity contribution in [2.24, 2.45) is 15.7 Å². The van der Waals surface area contributed by atoms with Crippen molar-refractivity contribution in [3.8, 4) is 0 Å². The third kappa shape index (κ3) is 4.68. The molecule has 2 aliphatic heterocycles. The summed E-state index contributed by atoms with van der Waals surface area (Å²) in [7, 11) is 0. The third-order valence-corrected chi connectivity index (χ3v) is 4.85. The Morgan fingerprint density at radius 2 is 2.00 bits per heavy atom. The number of hydrogen-bond donors (Lipinski definition) is 2. The van der Waals surface area contributed by atoms with Gasteiger partial charge in [0.05, 0.1) is 11.7 Å². The molecule has 2 heterocycles. The Kier molecular flexibility index (Phi) is 6.35. The third-order valence-electron chi connectivity index (χ3n) is 4.85. The zero-order valence-electron chi connectivity index (χ0n) is 15.2. The average molecular weight is 357 g/mol. The van der Waals surface area contributed by atoms with E-state index < -0.39 is 0 Å². The first-order valence-corrected chi connectivity index (χ1v) is 9.28. The highest BCUT2D eigenvalue weighted by Gasteiger charge is 2.39. The van der Waals surface area contributed by atoms with E-state index in [1.807, 2.05) is 37.3 Å². The van der Waals surface area contributed by atoms with Gasteiger partial charge < -0.3 is 10.5 Å². The minimum absolute atomic E-state index is 0.0841. The Hall–Kier alpha value is -2.25. The SMILES string of the molecule is CCC(=Nc1ccccc1)N=C(N)NC(=O)[C@@H]1CCN1C1CCOCC1. The number of nitrogens with one attached hydrogen (secondary N) is 1. The minimum atomic E-state index is -0.122. The van der Waals surface area contributed by atoms with Crippen LogP contribution in [0.25, 0.3) is 0 Å². The van der Waals surface area contributed by atoms with Crippen molar-refractivity contribution in [3.05, 3.63) is 30.3 Å². The van der Waals surface area contributed by atoms with Crippen molar-refractivity contribution in [1.29, 1.82) is 0 Å². The molecule has 2 aliphatic rings. The van der Waals surface area contributed by atoms with Gasteiger partial charge in [0.2, 0.25) is 11.9 Å². The molecule has 0 bridgehead atoms. The monoisotopic (exact) mass is 357 g/mol. The highest BCUT2D eigenvalue weighted by atomic mass is 16.5. The molecule has 3 N–H and O–H groups in total. The number of benzene rings is 1. The predicted octanol–water partition coefficient (Wildman–Crippen LogP) is 1.81. The topological polar surface area (TPSA) is 92.3 Å². The summed E-state index contributed by atoms with van der Waals surface area (Å²) in [6.45, 7) is 4.46. The Morgan fingerprint density at radius 1 is 1.27 bits per heavy atom. The average Bonchev–Trinajstić information content (AvgIpc) is 2.61. The van der Waals surface area contributed by atoms with Crippen molar-refractivity contribution in [1.82, 2.24) is 10.2 Å². The van der Waals surface area contributed by atoms with E-state index in [-0.39, 0.29) is 17.9 Å². The van der Waals surface area contributed by atoms with Crippen LogP contribution in [0.1, 0.15) is 32.6 Å². The highest BCUT2D eigenvalue weighted by molar-refractivity contribution is 6.04. The molecule has 2 fully saturated rings. The number of nitrogens with zero attached hydrogens (tertiary/aromatic N) is 3. The number of carbonyl (C=O) groups excluding carboxylic acids is 1. The Balaban J connectivity index is 1.59. The van der Waals surface area contributed by atoms with Gasteiger partial charge in [-0.2, -0.15) is 4.99 Å². The lowest BCUT2D eigenvalue weighted by Crippen LogP contribution is -2.61. The van der Waals surface area contributed by atoms with Gasteiger partial charge >= 0.3 is 0 Å². The number of guanidine groups is 1. The maximum absolute atomic E-state index is 12.5. The van der Waals surface area contributed by atoms with Crippen molar-refractivity contribution in [2.45, 2.75) is 44.7 Å². The second-order valence-corrected chi connectivity index (χ2v) is 6.59. The fraction of sp³-hybridized carbons (Fsp3) is 0.526. The number of amidine groups is 1. The standard InChI is InChI=1S/C19H27N5O2/c1-2-17(21-14-6-4-3-5-7-14)22-19(20)23-18(25)16-8-11-24(16)15-9-12-26-13-10-15/h3-7,15-16H,2,8-13H2,1H3,(H3,20,21,22,23,25)/t16-/m0/s1. The number of ether oxygens (including phenoxy) is 1. The normalized spacial score (nSPS) is 22.7. The molecule has 0 radical (unpaired) electrons. The zero-order valence-corrected chi connectivity index (χ0v) is 15.2. The van der Waals surface area contributed by atoms with Crippen molar-refractivity contribution in [3.63, 3.8) is 0 Å². The van der Waals surface area contributed by atoms with Gasteiger partial charge in [-0.1, -0.05) is 25.1 Å². The molecule has 1 aromatic carbocycles. The van der Waals surface area contributed by atoms with E-state index in [0.717, 1.165) is 44.7 Å². The Morgan fingerprint density at radius 3 is 2.62 bits per heavy atom. The molecule has 1 amide bonds. The van der Waals surface area contributed by atoms with Crippen LogP contribution in [0.15, 0.2) is 40.3 Å². The fourth-order valence-corrected chi connectivity index (χ4v) is 3.35. The molecule has 26 heavy (non-hydrogen) atoms. The fourth-order valence-electron chi connectivity index (χ4n) is 3.35. The minimum Gasteiger partial charge on any atom is -0.381 e. The van der Waals surface area contributed by atoms with Gasteiger partial charge in [-0.15, -0.1) is 0 Å². The van der Waals surface area contributed by atoms with E-state index in [0.29, 0.717) is 18.3 Å². The summed E-state index contributed by atoms with van der Waals surface area (Å²) in [4.78, 5) is 23.5. The van der Waals surface area contributed by atoms with Gasteiger partial charge in [0.1, 0.15) is 5.84 Å². The van der Waals surface area contributed by atoms with E-state index in [9.17, 15) is 4.79 Å². The number of rotatable bonds is 4. The largest absolute Gasteiger partial charge is 0.381 e. The lowest BCUT2D eigenvalue weighted by molar-refractivity contribution is -0.133. The van der Waals surface area contributed by atoms with Gasteiger partial charge in [-0.25, -0.2) is 4.99 Å². The second kappa shape index (κ2) is 8.91. The smallest absolute Gasteiger partial charge is 0.244 e. The molecule has 0 unspecified atom stereocenters. The van der Waals surface area contributed by atoms with Gasteiger partial charge in [-0.05, 0) is 31.4 Å². The molecule has 0 spiro atoms. The van der Waals surface area contributed by atoms with Crippen molar-refractivity contribution < 1.29 is 9.53 Å². The van der Waals surface area contributed by atoms with Crippen LogP contribution in [0.3, 0.4) is 0 Å². The predicted molar refractivity (Wildman–Crippen MR) is 103 cm³/mol. The Bertz CT molecular complexity index is 668. The number of nitrogens with two attached hydrogens (primary N) is 1.